The monoisotopic (exact) mass is 372 g/mol. The molecule has 144 valence electrons. The van der Waals surface area contributed by atoms with E-state index in [0.717, 1.165) is 5.56 Å². The van der Waals surface area contributed by atoms with Gasteiger partial charge in [0.2, 0.25) is 0 Å². The Labute approximate surface area is 158 Å². The molecule has 0 bridgehead atoms. The molecular formula is C20H24N2O5. The van der Waals surface area contributed by atoms with E-state index in [4.69, 9.17) is 14.2 Å². The van der Waals surface area contributed by atoms with Crippen molar-refractivity contribution < 1.29 is 23.8 Å². The Morgan fingerprint density at radius 2 is 1.96 bits per heavy atom. The van der Waals surface area contributed by atoms with Gasteiger partial charge in [-0.25, -0.2) is 4.79 Å². The largest absolute Gasteiger partial charge is 0.486 e. The number of hydrogen-bond acceptors (Lipinski definition) is 5. The first-order valence-corrected chi connectivity index (χ1v) is 8.96. The Balaban J connectivity index is 1.81. The van der Waals surface area contributed by atoms with E-state index in [1.165, 1.54) is 7.11 Å². The van der Waals surface area contributed by atoms with E-state index >= 15 is 0 Å². The summed E-state index contributed by atoms with van der Waals surface area (Å²) in [7, 11) is 1.33. The number of carbonyl (C=O) groups excluding carboxylic acids is 2. The summed E-state index contributed by atoms with van der Waals surface area (Å²) in [5.74, 6) is 0.662. The van der Waals surface area contributed by atoms with Crippen LogP contribution >= 0.6 is 0 Å². The lowest BCUT2D eigenvalue weighted by molar-refractivity contribution is 0.0599. The minimum Gasteiger partial charge on any atom is -0.486 e. The predicted molar refractivity (Wildman–Crippen MR) is 99.6 cm³/mol. The Morgan fingerprint density at radius 3 is 2.63 bits per heavy atom. The molecule has 0 saturated heterocycles. The Kier molecular flexibility index (Phi) is 5.39. The van der Waals surface area contributed by atoms with Crippen molar-refractivity contribution in [2.75, 3.05) is 20.3 Å². The number of aryl methyl sites for hydroxylation is 1. The van der Waals surface area contributed by atoms with Crippen LogP contribution in [0.5, 0.6) is 11.5 Å². The number of carbonyl (C=O) groups is 2. The minimum absolute atomic E-state index is 0.248. The van der Waals surface area contributed by atoms with Gasteiger partial charge in [0.1, 0.15) is 18.9 Å². The second-order valence-electron chi connectivity index (χ2n) is 6.42. The number of rotatable bonds is 5. The summed E-state index contributed by atoms with van der Waals surface area (Å²) in [4.78, 5) is 27.9. The number of ether oxygens (including phenoxy) is 3. The van der Waals surface area contributed by atoms with Crippen molar-refractivity contribution in [2.45, 2.75) is 33.2 Å². The molecule has 7 nitrogen and oxygen atoms in total. The molecule has 7 heteroatoms. The standard InChI is InChI=1S/C20H24N2O5/c1-5-14-17(20(24)25-4)11(2)18(22-14)19(23)21-12(3)13-6-7-15-16(10-13)27-9-8-26-15/h6-7,10,12,22H,5,8-9H2,1-4H3,(H,21,23)/t12-/m0/s1. The van der Waals surface area contributed by atoms with Crippen LogP contribution in [0.4, 0.5) is 0 Å². The second-order valence-corrected chi connectivity index (χ2v) is 6.42. The summed E-state index contributed by atoms with van der Waals surface area (Å²) < 4.78 is 16.0. The molecule has 3 rings (SSSR count). The van der Waals surface area contributed by atoms with Crippen LogP contribution in [0.2, 0.25) is 0 Å². The topological polar surface area (TPSA) is 89.7 Å². The molecular weight excluding hydrogens is 348 g/mol. The van der Waals surface area contributed by atoms with Gasteiger partial charge in [-0.15, -0.1) is 0 Å². The third-order valence-electron chi connectivity index (χ3n) is 4.71. The number of H-pyrrole nitrogens is 1. The van der Waals surface area contributed by atoms with Gasteiger partial charge in [0.15, 0.2) is 11.5 Å². The Hall–Kier alpha value is -2.96. The van der Waals surface area contributed by atoms with E-state index in [2.05, 4.69) is 10.3 Å². The van der Waals surface area contributed by atoms with Crippen molar-refractivity contribution >= 4 is 11.9 Å². The maximum absolute atomic E-state index is 12.8. The molecule has 1 aromatic heterocycles. The molecule has 0 radical (unpaired) electrons. The number of esters is 1. The first-order valence-electron chi connectivity index (χ1n) is 8.96. The van der Waals surface area contributed by atoms with E-state index < -0.39 is 5.97 Å². The van der Waals surface area contributed by atoms with Crippen LogP contribution in [-0.4, -0.2) is 37.2 Å². The van der Waals surface area contributed by atoms with Crippen molar-refractivity contribution in [2.24, 2.45) is 0 Å². The molecule has 0 saturated carbocycles. The van der Waals surface area contributed by atoms with Crippen LogP contribution in [0.25, 0.3) is 0 Å². The molecule has 0 spiro atoms. The van der Waals surface area contributed by atoms with E-state index in [9.17, 15) is 9.59 Å². The summed E-state index contributed by atoms with van der Waals surface area (Å²) in [5.41, 5.74) is 2.98. The molecule has 2 N–H and O–H groups in total. The second kappa shape index (κ2) is 7.73. The Bertz CT molecular complexity index is 871. The van der Waals surface area contributed by atoms with Gasteiger partial charge < -0.3 is 24.5 Å². The smallest absolute Gasteiger partial charge is 0.339 e. The van der Waals surface area contributed by atoms with Gasteiger partial charge in [0, 0.05) is 5.69 Å². The summed E-state index contributed by atoms with van der Waals surface area (Å²) in [5, 5.41) is 2.96. The zero-order valence-corrected chi connectivity index (χ0v) is 16.0. The summed E-state index contributed by atoms with van der Waals surface area (Å²) in [6, 6.07) is 5.37. The number of fused-ring (bicyclic) bond motifs is 1. The van der Waals surface area contributed by atoms with Crippen molar-refractivity contribution in [3.05, 3.63) is 46.3 Å². The summed E-state index contributed by atoms with van der Waals surface area (Å²) in [6.45, 7) is 6.59. The first-order chi connectivity index (χ1) is 13.0. The van der Waals surface area contributed by atoms with Crippen molar-refractivity contribution in [3.63, 3.8) is 0 Å². The number of amides is 1. The fraction of sp³-hybridized carbons (Fsp3) is 0.400. The van der Waals surface area contributed by atoms with Crippen molar-refractivity contribution in [1.82, 2.24) is 10.3 Å². The molecule has 1 aromatic carbocycles. The highest BCUT2D eigenvalue weighted by molar-refractivity contribution is 6.00. The lowest BCUT2D eigenvalue weighted by atomic mass is 10.1. The number of hydrogen-bond donors (Lipinski definition) is 2. The van der Waals surface area contributed by atoms with Crippen molar-refractivity contribution in [3.8, 4) is 11.5 Å². The highest BCUT2D eigenvalue weighted by atomic mass is 16.6. The maximum Gasteiger partial charge on any atom is 0.339 e. The molecule has 0 fully saturated rings. The fourth-order valence-corrected chi connectivity index (χ4v) is 3.21. The Morgan fingerprint density at radius 1 is 1.26 bits per heavy atom. The van der Waals surface area contributed by atoms with Crippen LogP contribution in [0, 0.1) is 6.92 Å². The zero-order chi connectivity index (χ0) is 19.6. The quantitative estimate of drug-likeness (QED) is 0.788. The highest BCUT2D eigenvalue weighted by Crippen LogP contribution is 2.32. The van der Waals surface area contributed by atoms with E-state index in [-0.39, 0.29) is 11.9 Å². The van der Waals surface area contributed by atoms with Crippen LogP contribution in [0.1, 0.15) is 57.6 Å². The number of aromatic nitrogens is 1. The number of methoxy groups -OCH3 is 1. The normalized spacial score (nSPS) is 13.8. The number of nitrogens with one attached hydrogen (secondary N) is 2. The lowest BCUT2D eigenvalue weighted by Gasteiger charge is -2.21. The molecule has 1 aliphatic heterocycles. The van der Waals surface area contributed by atoms with Gasteiger partial charge in [-0.3, -0.25) is 4.79 Å². The van der Waals surface area contributed by atoms with Crippen molar-refractivity contribution in [1.29, 1.82) is 0 Å². The summed E-state index contributed by atoms with van der Waals surface area (Å²) in [6.07, 6.45) is 0.594. The van der Waals surface area contributed by atoms with Gasteiger partial charge in [-0.1, -0.05) is 13.0 Å². The van der Waals surface area contributed by atoms with Crippen LogP contribution in [0.15, 0.2) is 18.2 Å². The summed E-state index contributed by atoms with van der Waals surface area (Å²) >= 11 is 0. The first kappa shape index (κ1) is 18.8. The van der Waals surface area contributed by atoms with Gasteiger partial charge in [-0.05, 0) is 43.5 Å². The minimum atomic E-state index is -0.445. The van der Waals surface area contributed by atoms with E-state index in [1.54, 1.807) is 6.92 Å². The average Bonchev–Trinajstić information content (AvgIpc) is 3.03. The zero-order valence-electron chi connectivity index (χ0n) is 16.0. The lowest BCUT2D eigenvalue weighted by Crippen LogP contribution is -2.27. The van der Waals surface area contributed by atoms with Gasteiger partial charge in [0.05, 0.1) is 18.7 Å². The third kappa shape index (κ3) is 3.63. The van der Waals surface area contributed by atoms with Gasteiger partial charge >= 0.3 is 5.97 Å². The molecule has 2 heterocycles. The van der Waals surface area contributed by atoms with Gasteiger partial charge in [-0.2, -0.15) is 0 Å². The van der Waals surface area contributed by atoms with Crippen LogP contribution < -0.4 is 14.8 Å². The molecule has 2 aromatic rings. The molecule has 1 amide bonds. The molecule has 27 heavy (non-hydrogen) atoms. The van der Waals surface area contributed by atoms with Crippen LogP contribution in [-0.2, 0) is 11.2 Å². The maximum atomic E-state index is 12.8. The van der Waals surface area contributed by atoms with Crippen LogP contribution in [0.3, 0.4) is 0 Å². The highest BCUT2D eigenvalue weighted by Gasteiger charge is 2.25. The number of aromatic amines is 1. The third-order valence-corrected chi connectivity index (χ3v) is 4.71. The average molecular weight is 372 g/mol. The SMILES string of the molecule is CCc1[nH]c(C(=O)N[C@@H](C)c2ccc3c(c2)OCCO3)c(C)c1C(=O)OC. The molecule has 0 unspecified atom stereocenters. The number of benzene rings is 1. The van der Waals surface area contributed by atoms with E-state index in [0.29, 0.717) is 53.6 Å². The molecule has 1 atom stereocenters. The fourth-order valence-electron chi connectivity index (χ4n) is 3.21. The predicted octanol–water partition coefficient (Wildman–Crippen LogP) is 2.93. The van der Waals surface area contributed by atoms with Gasteiger partial charge in [0.25, 0.3) is 5.91 Å². The molecule has 0 aliphatic carbocycles. The van der Waals surface area contributed by atoms with E-state index in [1.807, 2.05) is 32.0 Å². The molecule has 1 aliphatic rings.